The third-order valence-corrected chi connectivity index (χ3v) is 7.29. The van der Waals surface area contributed by atoms with E-state index in [4.69, 9.17) is 12.2 Å². The zero-order valence-electron chi connectivity index (χ0n) is 16.3. The molecule has 0 bridgehead atoms. The van der Waals surface area contributed by atoms with E-state index in [0.717, 1.165) is 21.7 Å². The SMILES string of the molecule is CN1CCN(C(=O)c2cc3cc(C=S)ccc3n2S(=O)(=O)c2ccc(F)cc2)CC1. The number of hydrogen-bond donors (Lipinski definition) is 0. The van der Waals surface area contributed by atoms with E-state index in [1.54, 1.807) is 29.2 Å². The second kappa shape index (κ2) is 7.90. The van der Waals surface area contributed by atoms with Crippen LogP contribution >= 0.6 is 12.2 Å². The number of rotatable bonds is 4. The molecule has 0 spiro atoms. The number of amides is 1. The van der Waals surface area contributed by atoms with Gasteiger partial charge in [-0.05, 0) is 55.1 Å². The van der Waals surface area contributed by atoms with Gasteiger partial charge < -0.3 is 9.80 Å². The lowest BCUT2D eigenvalue weighted by molar-refractivity contribution is 0.0657. The molecule has 1 amide bonds. The molecule has 3 aromatic rings. The molecule has 2 aromatic carbocycles. The van der Waals surface area contributed by atoms with Crippen molar-refractivity contribution >= 4 is 44.4 Å². The highest BCUT2D eigenvalue weighted by Crippen LogP contribution is 2.28. The zero-order valence-corrected chi connectivity index (χ0v) is 17.9. The van der Waals surface area contributed by atoms with Crippen LogP contribution in [-0.2, 0) is 10.0 Å². The van der Waals surface area contributed by atoms with Gasteiger partial charge in [-0.2, -0.15) is 0 Å². The molecule has 1 aliphatic rings. The number of likely N-dealkylation sites (N-methyl/N-ethyl adjacent to an activating group) is 1. The monoisotopic (exact) mass is 445 g/mol. The van der Waals surface area contributed by atoms with E-state index in [1.165, 1.54) is 17.5 Å². The maximum absolute atomic E-state index is 13.5. The minimum absolute atomic E-state index is 0.0559. The Kier molecular flexibility index (Phi) is 5.44. The molecule has 0 N–H and O–H groups in total. The third-order valence-electron chi connectivity index (χ3n) is 5.28. The average Bonchev–Trinajstić information content (AvgIpc) is 3.13. The molecule has 2 heterocycles. The fourth-order valence-electron chi connectivity index (χ4n) is 3.57. The van der Waals surface area contributed by atoms with Crippen molar-refractivity contribution in [3.05, 3.63) is 65.6 Å². The van der Waals surface area contributed by atoms with Crippen molar-refractivity contribution < 1.29 is 17.6 Å². The Morgan fingerprint density at radius 1 is 1.03 bits per heavy atom. The highest BCUT2D eigenvalue weighted by atomic mass is 32.2. The predicted molar refractivity (Wildman–Crippen MR) is 117 cm³/mol. The van der Waals surface area contributed by atoms with Crippen molar-refractivity contribution in [2.75, 3.05) is 33.2 Å². The third kappa shape index (κ3) is 3.64. The maximum atomic E-state index is 13.5. The van der Waals surface area contributed by atoms with E-state index in [0.29, 0.717) is 37.1 Å². The summed E-state index contributed by atoms with van der Waals surface area (Å²) in [5.74, 6) is -0.889. The van der Waals surface area contributed by atoms with Crippen LogP contribution in [0.15, 0.2) is 53.4 Å². The molecule has 0 saturated carbocycles. The molecule has 0 unspecified atom stereocenters. The van der Waals surface area contributed by atoms with E-state index in [1.807, 2.05) is 7.05 Å². The van der Waals surface area contributed by atoms with Crippen LogP contribution in [-0.4, -0.2) is 66.7 Å². The van der Waals surface area contributed by atoms with Crippen molar-refractivity contribution in [3.8, 4) is 0 Å². The van der Waals surface area contributed by atoms with Crippen LogP contribution in [0.1, 0.15) is 16.1 Å². The standard InChI is InChI=1S/C21H20FN3O3S2/c1-23-8-10-24(11-9-23)21(26)20-13-16-12-15(14-29)2-7-19(16)25(20)30(27,28)18-5-3-17(22)4-6-18/h2-7,12-14H,8-11H2,1H3. The number of piperazine rings is 1. The van der Waals surface area contributed by atoms with Crippen LogP contribution in [0.2, 0.25) is 0 Å². The number of nitrogens with zero attached hydrogens (tertiary/aromatic N) is 3. The molecule has 6 nitrogen and oxygen atoms in total. The largest absolute Gasteiger partial charge is 0.335 e. The summed E-state index contributed by atoms with van der Waals surface area (Å²) in [5, 5.41) is 2.09. The van der Waals surface area contributed by atoms with E-state index < -0.39 is 15.8 Å². The number of hydrogen-bond acceptors (Lipinski definition) is 5. The van der Waals surface area contributed by atoms with E-state index in [9.17, 15) is 17.6 Å². The fourth-order valence-corrected chi connectivity index (χ4v) is 5.23. The number of carbonyl (C=O) groups is 1. The second-order valence-electron chi connectivity index (χ2n) is 7.28. The summed E-state index contributed by atoms with van der Waals surface area (Å²) in [5.41, 5.74) is 1.17. The van der Waals surface area contributed by atoms with E-state index in [-0.39, 0.29) is 16.5 Å². The molecule has 0 atom stereocenters. The number of aromatic nitrogens is 1. The average molecular weight is 446 g/mol. The van der Waals surface area contributed by atoms with Gasteiger partial charge in [-0.15, -0.1) is 0 Å². The Labute approximate surface area is 179 Å². The molecular formula is C21H20FN3O3S2. The number of carbonyl (C=O) groups excluding carboxylic acids is 1. The van der Waals surface area contributed by atoms with Gasteiger partial charge in [-0.1, -0.05) is 18.3 Å². The Bertz CT molecular complexity index is 1230. The van der Waals surface area contributed by atoms with E-state index in [2.05, 4.69) is 4.90 Å². The van der Waals surface area contributed by atoms with Crippen molar-refractivity contribution in [2.24, 2.45) is 0 Å². The summed E-state index contributed by atoms with van der Waals surface area (Å²) in [6.45, 7) is 2.45. The Balaban J connectivity index is 1.90. The van der Waals surface area contributed by atoms with Gasteiger partial charge in [-0.3, -0.25) is 4.79 Å². The number of benzene rings is 2. The first kappa shape index (κ1) is 20.6. The minimum Gasteiger partial charge on any atom is -0.335 e. The van der Waals surface area contributed by atoms with Gasteiger partial charge in [0.25, 0.3) is 15.9 Å². The molecule has 30 heavy (non-hydrogen) atoms. The Morgan fingerprint density at radius 3 is 2.33 bits per heavy atom. The molecule has 1 aromatic heterocycles. The van der Waals surface area contributed by atoms with Gasteiger partial charge in [0.1, 0.15) is 11.5 Å². The Hall–Kier alpha value is -2.62. The summed E-state index contributed by atoms with van der Waals surface area (Å²) < 4.78 is 41.4. The van der Waals surface area contributed by atoms with Crippen molar-refractivity contribution in [3.63, 3.8) is 0 Å². The molecule has 1 saturated heterocycles. The van der Waals surface area contributed by atoms with Crippen LogP contribution in [0, 0.1) is 5.82 Å². The summed E-state index contributed by atoms with van der Waals surface area (Å²) >= 11 is 4.98. The van der Waals surface area contributed by atoms with Gasteiger partial charge >= 0.3 is 0 Å². The van der Waals surface area contributed by atoms with Crippen molar-refractivity contribution in [2.45, 2.75) is 4.90 Å². The quantitative estimate of drug-likeness (QED) is 0.578. The van der Waals surface area contributed by atoms with Crippen LogP contribution < -0.4 is 0 Å². The maximum Gasteiger partial charge on any atom is 0.271 e. The van der Waals surface area contributed by atoms with Crippen molar-refractivity contribution in [1.82, 2.24) is 13.8 Å². The number of fused-ring (bicyclic) bond motifs is 1. The van der Waals surface area contributed by atoms with Gasteiger partial charge in [0.15, 0.2) is 0 Å². The molecule has 0 aliphatic carbocycles. The number of thiocarbonyl (C=S) groups is 1. The smallest absolute Gasteiger partial charge is 0.271 e. The zero-order chi connectivity index (χ0) is 21.5. The lowest BCUT2D eigenvalue weighted by Crippen LogP contribution is -2.47. The van der Waals surface area contributed by atoms with Crippen LogP contribution in [0.5, 0.6) is 0 Å². The second-order valence-corrected chi connectivity index (χ2v) is 9.31. The first-order valence-electron chi connectivity index (χ1n) is 9.41. The van der Waals surface area contributed by atoms with Crippen LogP contribution in [0.3, 0.4) is 0 Å². The molecule has 1 aliphatic heterocycles. The van der Waals surface area contributed by atoms with Crippen LogP contribution in [0.4, 0.5) is 4.39 Å². The normalized spacial score (nSPS) is 15.5. The molecule has 4 rings (SSSR count). The number of halogens is 1. The summed E-state index contributed by atoms with van der Waals surface area (Å²) in [7, 11) is -2.15. The lowest BCUT2D eigenvalue weighted by Gasteiger charge is -2.32. The predicted octanol–water partition coefficient (Wildman–Crippen LogP) is 2.75. The molecule has 1 fully saturated rings. The molecule has 156 valence electrons. The Morgan fingerprint density at radius 2 is 1.70 bits per heavy atom. The summed E-state index contributed by atoms with van der Waals surface area (Å²) in [4.78, 5) is 17.0. The first-order chi connectivity index (χ1) is 14.3. The minimum atomic E-state index is -4.13. The topological polar surface area (TPSA) is 62.6 Å². The highest BCUT2D eigenvalue weighted by molar-refractivity contribution is 7.90. The molecule has 0 radical (unpaired) electrons. The molecule has 9 heteroatoms. The van der Waals surface area contributed by atoms with Gasteiger partial charge in [0.2, 0.25) is 0 Å². The summed E-state index contributed by atoms with van der Waals surface area (Å²) in [6, 6.07) is 11.2. The van der Waals surface area contributed by atoms with Gasteiger partial charge in [-0.25, -0.2) is 16.8 Å². The van der Waals surface area contributed by atoms with Crippen LogP contribution in [0.25, 0.3) is 10.9 Å². The lowest BCUT2D eigenvalue weighted by atomic mass is 10.2. The fraction of sp³-hybridized carbons (Fsp3) is 0.238. The van der Waals surface area contributed by atoms with Crippen molar-refractivity contribution in [1.29, 1.82) is 0 Å². The van der Waals surface area contributed by atoms with Gasteiger partial charge in [0.05, 0.1) is 10.4 Å². The summed E-state index contributed by atoms with van der Waals surface area (Å²) in [6.07, 6.45) is 0. The first-order valence-corrected chi connectivity index (χ1v) is 11.3. The molecular weight excluding hydrogens is 425 g/mol. The van der Waals surface area contributed by atoms with E-state index >= 15 is 0 Å². The van der Waals surface area contributed by atoms with Gasteiger partial charge in [0, 0.05) is 36.9 Å². The highest BCUT2D eigenvalue weighted by Gasteiger charge is 2.30.